The second-order valence-electron chi connectivity index (χ2n) is 7.32. The van der Waals surface area contributed by atoms with Crippen LogP contribution in [0.15, 0.2) is 18.2 Å². The van der Waals surface area contributed by atoms with Gasteiger partial charge in [-0.15, -0.1) is 0 Å². The van der Waals surface area contributed by atoms with Crippen LogP contribution in [-0.2, 0) is 11.3 Å². The number of hydrogen-bond donors (Lipinski definition) is 2. The summed E-state index contributed by atoms with van der Waals surface area (Å²) in [7, 11) is 0. The van der Waals surface area contributed by atoms with Crippen LogP contribution in [0.4, 0.5) is 9.18 Å². The molecule has 1 aliphatic carbocycles. The largest absolute Gasteiger partial charge is 0.444 e. The summed E-state index contributed by atoms with van der Waals surface area (Å²) in [5.41, 5.74) is 1.18. The molecule has 0 aromatic heterocycles. The van der Waals surface area contributed by atoms with E-state index in [9.17, 15) is 9.18 Å². The monoisotopic (exact) mass is 322 g/mol. The Morgan fingerprint density at radius 3 is 2.70 bits per heavy atom. The smallest absolute Gasteiger partial charge is 0.407 e. The molecule has 2 N–H and O–H groups in total. The molecule has 1 saturated carbocycles. The summed E-state index contributed by atoms with van der Waals surface area (Å²) in [6.07, 6.45) is 1.83. The van der Waals surface area contributed by atoms with Gasteiger partial charge in [-0.1, -0.05) is 17.7 Å². The molecule has 0 bridgehead atoms. The second-order valence-corrected chi connectivity index (χ2v) is 7.32. The van der Waals surface area contributed by atoms with Crippen molar-refractivity contribution in [3.05, 3.63) is 35.1 Å². The van der Waals surface area contributed by atoms with Gasteiger partial charge in [0.05, 0.1) is 0 Å². The van der Waals surface area contributed by atoms with Crippen molar-refractivity contribution in [1.29, 1.82) is 0 Å². The number of carbonyl (C=O) groups excluding carboxylic acids is 1. The number of aryl methyl sites for hydroxylation is 1. The number of alkyl carbamates (subject to hydrolysis) is 1. The minimum atomic E-state index is -0.504. The van der Waals surface area contributed by atoms with E-state index in [1.807, 2.05) is 33.8 Å². The molecule has 128 valence electrons. The van der Waals surface area contributed by atoms with Crippen LogP contribution in [0.1, 0.15) is 44.7 Å². The highest BCUT2D eigenvalue weighted by Gasteiger charge is 2.33. The number of hydrogen-bond acceptors (Lipinski definition) is 3. The molecule has 1 aromatic rings. The number of halogens is 1. The zero-order valence-corrected chi connectivity index (χ0v) is 14.4. The lowest BCUT2D eigenvalue weighted by molar-refractivity contribution is 0.0497. The lowest BCUT2D eigenvalue weighted by atomic mass is 10.1. The standard InChI is InChI=1S/C18H27FN2O2/c1-12-5-8-15(19)14(9-12)10-20-11-16(13-6-7-13)21-17(22)23-18(2,3)4/h5,8-9,13,16,20H,6-7,10-11H2,1-4H3,(H,21,22). The van der Waals surface area contributed by atoms with Crippen molar-refractivity contribution in [3.63, 3.8) is 0 Å². The first kappa shape index (κ1) is 17.7. The summed E-state index contributed by atoms with van der Waals surface area (Å²) in [5.74, 6) is 0.281. The lowest BCUT2D eigenvalue weighted by Crippen LogP contribution is -2.45. The maximum atomic E-state index is 13.7. The molecule has 1 aromatic carbocycles. The molecule has 23 heavy (non-hydrogen) atoms. The van der Waals surface area contributed by atoms with E-state index in [1.165, 1.54) is 6.07 Å². The van der Waals surface area contributed by atoms with Gasteiger partial charge in [0.2, 0.25) is 0 Å². The molecule has 1 fully saturated rings. The molecule has 1 aliphatic rings. The predicted molar refractivity (Wildman–Crippen MR) is 88.7 cm³/mol. The summed E-state index contributed by atoms with van der Waals surface area (Å²) >= 11 is 0. The Balaban J connectivity index is 1.83. The molecule has 0 aliphatic heterocycles. The van der Waals surface area contributed by atoms with Crippen LogP contribution in [0.2, 0.25) is 0 Å². The summed E-state index contributed by atoms with van der Waals surface area (Å²) in [4.78, 5) is 11.9. The first-order chi connectivity index (χ1) is 10.7. The van der Waals surface area contributed by atoms with Crippen LogP contribution in [0.5, 0.6) is 0 Å². The van der Waals surface area contributed by atoms with E-state index in [2.05, 4.69) is 10.6 Å². The van der Waals surface area contributed by atoms with E-state index in [4.69, 9.17) is 4.74 Å². The third kappa shape index (κ3) is 6.18. The molecule has 0 spiro atoms. The molecule has 0 heterocycles. The van der Waals surface area contributed by atoms with Gasteiger partial charge >= 0.3 is 6.09 Å². The maximum absolute atomic E-state index is 13.7. The Labute approximate surface area is 137 Å². The zero-order chi connectivity index (χ0) is 17.0. The van der Waals surface area contributed by atoms with E-state index in [0.29, 0.717) is 24.6 Å². The fourth-order valence-electron chi connectivity index (χ4n) is 2.49. The molecule has 4 nitrogen and oxygen atoms in total. The molecule has 1 unspecified atom stereocenters. The van der Waals surface area contributed by atoms with E-state index in [1.54, 1.807) is 6.07 Å². The Kier molecular flexibility index (Phi) is 5.63. The molecule has 1 atom stereocenters. The quantitative estimate of drug-likeness (QED) is 0.842. The predicted octanol–water partition coefficient (Wildman–Crippen LogP) is 3.53. The van der Waals surface area contributed by atoms with E-state index >= 15 is 0 Å². The van der Waals surface area contributed by atoms with Gasteiger partial charge in [0.25, 0.3) is 0 Å². The number of rotatable bonds is 6. The van der Waals surface area contributed by atoms with Crippen molar-refractivity contribution in [2.75, 3.05) is 6.54 Å². The molecule has 2 rings (SSSR count). The van der Waals surface area contributed by atoms with Crippen molar-refractivity contribution < 1.29 is 13.9 Å². The Bertz CT molecular complexity index is 550. The van der Waals surface area contributed by atoms with Crippen molar-refractivity contribution in [3.8, 4) is 0 Å². The third-order valence-electron chi connectivity index (χ3n) is 3.77. The molecule has 5 heteroatoms. The van der Waals surface area contributed by atoms with E-state index in [-0.39, 0.29) is 11.9 Å². The van der Waals surface area contributed by atoms with Crippen molar-refractivity contribution in [2.24, 2.45) is 5.92 Å². The first-order valence-corrected chi connectivity index (χ1v) is 8.20. The van der Waals surface area contributed by atoms with Gasteiger partial charge in [-0.05, 0) is 52.5 Å². The summed E-state index contributed by atoms with van der Waals surface area (Å²) in [6.45, 7) is 8.54. The number of carbonyl (C=O) groups is 1. The van der Waals surface area contributed by atoms with Gasteiger partial charge < -0.3 is 15.4 Å². The summed E-state index contributed by atoms with van der Waals surface area (Å²) in [5, 5.41) is 6.18. The molecule has 1 amide bonds. The fourth-order valence-corrected chi connectivity index (χ4v) is 2.49. The number of benzene rings is 1. The second kappa shape index (κ2) is 7.30. The van der Waals surface area contributed by atoms with E-state index in [0.717, 1.165) is 18.4 Å². The first-order valence-electron chi connectivity index (χ1n) is 8.20. The van der Waals surface area contributed by atoms with Crippen LogP contribution < -0.4 is 10.6 Å². The molecule has 0 saturated heterocycles. The van der Waals surface area contributed by atoms with Crippen molar-refractivity contribution in [1.82, 2.24) is 10.6 Å². The highest BCUT2D eigenvalue weighted by molar-refractivity contribution is 5.68. The van der Waals surface area contributed by atoms with Gasteiger partial charge in [0.15, 0.2) is 0 Å². The Morgan fingerprint density at radius 2 is 2.09 bits per heavy atom. The van der Waals surface area contributed by atoms with Gasteiger partial charge in [0, 0.05) is 24.7 Å². The van der Waals surface area contributed by atoms with Crippen LogP contribution in [0.3, 0.4) is 0 Å². The Morgan fingerprint density at radius 1 is 1.39 bits per heavy atom. The maximum Gasteiger partial charge on any atom is 0.407 e. The van der Waals surface area contributed by atoms with Crippen molar-refractivity contribution in [2.45, 2.75) is 58.7 Å². The van der Waals surface area contributed by atoms with Crippen LogP contribution in [-0.4, -0.2) is 24.3 Å². The molecular weight excluding hydrogens is 295 g/mol. The summed E-state index contributed by atoms with van der Waals surface area (Å²) < 4.78 is 19.0. The van der Waals surface area contributed by atoms with Crippen LogP contribution in [0, 0.1) is 18.7 Å². The third-order valence-corrected chi connectivity index (χ3v) is 3.77. The lowest BCUT2D eigenvalue weighted by Gasteiger charge is -2.24. The minimum Gasteiger partial charge on any atom is -0.444 e. The molecule has 0 radical (unpaired) electrons. The fraction of sp³-hybridized carbons (Fsp3) is 0.611. The Hall–Kier alpha value is -1.62. The van der Waals surface area contributed by atoms with Gasteiger partial charge in [-0.3, -0.25) is 0 Å². The van der Waals surface area contributed by atoms with E-state index < -0.39 is 11.7 Å². The average molecular weight is 322 g/mol. The number of amides is 1. The number of ether oxygens (including phenoxy) is 1. The normalized spacial score (nSPS) is 16.0. The van der Waals surface area contributed by atoms with Crippen LogP contribution >= 0.6 is 0 Å². The van der Waals surface area contributed by atoms with Gasteiger partial charge in [0.1, 0.15) is 11.4 Å². The summed E-state index contributed by atoms with van der Waals surface area (Å²) in [6, 6.07) is 5.12. The SMILES string of the molecule is Cc1ccc(F)c(CNCC(NC(=O)OC(C)(C)C)C2CC2)c1. The highest BCUT2D eigenvalue weighted by atomic mass is 19.1. The highest BCUT2D eigenvalue weighted by Crippen LogP contribution is 2.32. The zero-order valence-electron chi connectivity index (χ0n) is 14.4. The minimum absolute atomic E-state index is 0.0257. The topological polar surface area (TPSA) is 50.4 Å². The van der Waals surface area contributed by atoms with Gasteiger partial charge in [-0.2, -0.15) is 0 Å². The van der Waals surface area contributed by atoms with Crippen molar-refractivity contribution >= 4 is 6.09 Å². The van der Waals surface area contributed by atoms with Crippen LogP contribution in [0.25, 0.3) is 0 Å². The number of nitrogens with one attached hydrogen (secondary N) is 2. The average Bonchev–Trinajstić information content (AvgIpc) is 3.24. The van der Waals surface area contributed by atoms with Gasteiger partial charge in [-0.25, -0.2) is 9.18 Å². The molecular formula is C18H27FN2O2.